The number of hydrogen-bond acceptors (Lipinski definition) is 6. The number of hydrogen-bond donors (Lipinski definition) is 0. The van der Waals surface area contributed by atoms with Crippen molar-refractivity contribution in [3.63, 3.8) is 0 Å². The molecule has 0 spiro atoms. The normalized spacial score (nSPS) is 17.8. The molecule has 6 nitrogen and oxygen atoms in total. The van der Waals surface area contributed by atoms with Crippen LogP contribution in [-0.2, 0) is 18.7 Å². The van der Waals surface area contributed by atoms with Gasteiger partial charge in [0.25, 0.3) is 0 Å². The fraction of sp³-hybridized carbons (Fsp3) is 1.00. The number of ether oxygens (including phenoxy) is 2. The summed E-state index contributed by atoms with van der Waals surface area (Å²) in [6.07, 6.45) is -5.21. The van der Waals surface area contributed by atoms with Gasteiger partial charge in [0.1, 0.15) is 0 Å². The molecule has 13 heteroatoms. The van der Waals surface area contributed by atoms with Crippen molar-refractivity contribution in [3.05, 3.63) is 0 Å². The molecule has 0 aromatic rings. The molecule has 0 saturated carbocycles. The summed E-state index contributed by atoms with van der Waals surface area (Å²) in [4.78, 5) is 0. The molecule has 0 N–H and O–H groups in total. The quantitative estimate of drug-likeness (QED) is 0.151. The maximum absolute atomic E-state index is 15.5. The van der Waals surface area contributed by atoms with Gasteiger partial charge in [-0.2, -0.15) is 0 Å². The summed E-state index contributed by atoms with van der Waals surface area (Å²) >= 11 is 0.598. The summed E-state index contributed by atoms with van der Waals surface area (Å²) < 4.78 is 77.1. The molecule has 144 valence electrons. The van der Waals surface area contributed by atoms with Gasteiger partial charge in [0.05, 0.1) is 0 Å². The molecule has 0 heterocycles. The Morgan fingerprint density at radius 2 is 1.78 bits per heavy atom. The second-order valence-electron chi connectivity index (χ2n) is 4.24. The van der Waals surface area contributed by atoms with E-state index in [2.05, 4.69) is 19.2 Å². The van der Waals surface area contributed by atoms with Crippen molar-refractivity contribution >= 4 is 47.1 Å². The Labute approximate surface area is 149 Å². The predicted molar refractivity (Wildman–Crippen MR) is 88.1 cm³/mol. The van der Waals surface area contributed by atoms with Gasteiger partial charge in [0.2, 0.25) is 0 Å². The van der Waals surface area contributed by atoms with Gasteiger partial charge in [0.15, 0.2) is 0 Å². The van der Waals surface area contributed by atoms with Crippen molar-refractivity contribution in [1.29, 1.82) is 0 Å². The first kappa shape index (κ1) is 24.0. The molecule has 0 amide bonds. The average molecular weight is 553 g/mol. The third-order valence-electron chi connectivity index (χ3n) is 2.03. The molecule has 0 aromatic heterocycles. The maximum atomic E-state index is 15.5. The number of rotatable bonds is 11. The molecule has 0 aliphatic heterocycles. The third kappa shape index (κ3) is 7.40. The zero-order valence-electron chi connectivity index (χ0n) is 13.0. The average Bonchev–Trinajstić information content (AvgIpc) is 2.34. The van der Waals surface area contributed by atoms with E-state index in [0.717, 1.165) is 0 Å². The Morgan fingerprint density at radius 1 is 1.22 bits per heavy atom. The minimum absolute atomic E-state index is 0.00557. The van der Waals surface area contributed by atoms with E-state index in [9.17, 15) is 13.2 Å². The van der Waals surface area contributed by atoms with E-state index < -0.39 is 44.5 Å². The molecule has 0 bridgehead atoms. The number of alkyl halides is 3. The fourth-order valence-electron chi connectivity index (χ4n) is 1.42. The van der Waals surface area contributed by atoms with Crippen LogP contribution in [0.15, 0.2) is 0 Å². The first-order valence-electron chi connectivity index (χ1n) is 6.33. The van der Waals surface area contributed by atoms with Crippen LogP contribution in [0.25, 0.3) is 0 Å². The van der Waals surface area contributed by atoms with Gasteiger partial charge < -0.3 is 0 Å². The van der Waals surface area contributed by atoms with E-state index in [0.29, 0.717) is 0 Å². The first-order valence-corrected chi connectivity index (χ1v) is 11.8. The van der Waals surface area contributed by atoms with Gasteiger partial charge in [-0.3, -0.25) is 0 Å². The predicted octanol–water partition coefficient (Wildman–Crippen LogP) is 5.25. The molecular weight excluding hydrogens is 532 g/mol. The van der Waals surface area contributed by atoms with Crippen molar-refractivity contribution in [2.45, 2.75) is 39.3 Å². The van der Waals surface area contributed by atoms with Crippen LogP contribution in [0.4, 0.5) is 16.0 Å². The molecule has 0 aliphatic carbocycles. The Kier molecular flexibility index (Phi) is 9.46. The summed E-state index contributed by atoms with van der Waals surface area (Å²) in [6, 6.07) is 0. The van der Waals surface area contributed by atoms with Crippen LogP contribution in [0.5, 0.6) is 0 Å². The molecule has 23 heavy (non-hydrogen) atoms. The van der Waals surface area contributed by atoms with E-state index in [1.807, 2.05) is 0 Å². The zero-order valence-corrected chi connectivity index (χ0v) is 17.5. The number of methoxy groups -OCH3 is 1. The Balaban J connectivity index is 5.88. The summed E-state index contributed by atoms with van der Waals surface area (Å²) in [6.45, 7) is 3.48. The van der Waals surface area contributed by atoms with Crippen molar-refractivity contribution in [2.24, 2.45) is 0 Å². The molecule has 1 unspecified atom stereocenters. The van der Waals surface area contributed by atoms with Crippen molar-refractivity contribution in [1.82, 2.24) is 1.66 Å². The SMILES string of the molecule is CCCOI(F)(OC(F)(F)F)(OC(C)(COC)OCC)N(Cl)Br. The van der Waals surface area contributed by atoms with Crippen molar-refractivity contribution in [3.8, 4) is 0 Å². The Morgan fingerprint density at radius 3 is 2.13 bits per heavy atom. The number of halogens is 7. The Hall–Kier alpha value is 0.980. The van der Waals surface area contributed by atoms with E-state index in [1.54, 1.807) is 13.8 Å². The van der Waals surface area contributed by atoms with E-state index in [1.165, 1.54) is 14.0 Å². The van der Waals surface area contributed by atoms with E-state index in [-0.39, 0.29) is 14.7 Å². The summed E-state index contributed by atoms with van der Waals surface area (Å²) in [7, 11) is 1.24. The second kappa shape index (κ2) is 9.07. The van der Waals surface area contributed by atoms with Crippen molar-refractivity contribution in [2.75, 3.05) is 26.9 Å². The van der Waals surface area contributed by atoms with Crippen LogP contribution < -0.4 is 0 Å². The Bertz CT molecular complexity index is 378. The van der Waals surface area contributed by atoms with Crippen LogP contribution in [-0.4, -0.2) is 40.7 Å². The molecule has 0 aromatic carbocycles. The van der Waals surface area contributed by atoms with Gasteiger partial charge in [-0.25, -0.2) is 0 Å². The van der Waals surface area contributed by atoms with E-state index in [4.69, 9.17) is 27.4 Å². The molecule has 0 saturated heterocycles. The molecule has 1 atom stereocenters. The van der Waals surface area contributed by atoms with Crippen LogP contribution in [0.1, 0.15) is 27.2 Å². The summed E-state index contributed by atoms with van der Waals surface area (Å²) in [5, 5.41) is 0. The van der Waals surface area contributed by atoms with Gasteiger partial charge >= 0.3 is 150 Å². The van der Waals surface area contributed by atoms with Crippen LogP contribution in [0, 0.1) is 0 Å². The molecule has 0 radical (unpaired) electrons. The standard InChI is InChI=1S/C10H20BrClF4INO5/c1-5-7-21-17(16,18(11)12,23-10(13,14)15)22-9(3,8-19-4)20-6-2/h5-8H2,1-4H3. The molecule has 0 fully saturated rings. The molecule has 0 rings (SSSR count). The first-order chi connectivity index (χ1) is 10.3. The molecular formula is C10H20BrClF4INO5. The monoisotopic (exact) mass is 551 g/mol. The summed E-state index contributed by atoms with van der Waals surface area (Å²) in [5.74, 6) is -1.92. The van der Waals surface area contributed by atoms with Gasteiger partial charge in [-0.1, -0.05) is 0 Å². The minimum atomic E-state index is -7.30. The number of nitrogens with zero attached hydrogens (tertiary/aromatic N) is 1. The van der Waals surface area contributed by atoms with Crippen LogP contribution in [0.3, 0.4) is 0 Å². The van der Waals surface area contributed by atoms with Gasteiger partial charge in [-0.15, -0.1) is 0 Å². The zero-order chi connectivity index (χ0) is 18.4. The third-order valence-corrected chi connectivity index (χ3v) is 11.8. The van der Waals surface area contributed by atoms with Crippen LogP contribution >= 0.6 is 47.1 Å². The van der Waals surface area contributed by atoms with Gasteiger partial charge in [-0.05, 0) is 0 Å². The topological polar surface area (TPSA) is 49.4 Å². The van der Waals surface area contributed by atoms with E-state index >= 15 is 2.86 Å². The summed E-state index contributed by atoms with van der Waals surface area (Å²) in [5.41, 5.74) is 0. The van der Waals surface area contributed by atoms with Crippen LogP contribution in [0.2, 0.25) is 0 Å². The fourth-order valence-corrected chi connectivity index (χ4v) is 7.89. The van der Waals surface area contributed by atoms with Gasteiger partial charge in [0, 0.05) is 0 Å². The van der Waals surface area contributed by atoms with Crippen molar-refractivity contribution < 1.29 is 34.7 Å². The molecule has 0 aliphatic rings. The second-order valence-corrected chi connectivity index (χ2v) is 13.7.